The van der Waals surface area contributed by atoms with Gasteiger partial charge in [-0.25, -0.2) is 0 Å². The minimum absolute atomic E-state index is 0.0106. The van der Waals surface area contributed by atoms with Crippen LogP contribution in [-0.4, -0.2) is 43.0 Å². The van der Waals surface area contributed by atoms with Crippen molar-refractivity contribution in [1.82, 2.24) is 4.90 Å². The molecule has 6 heteroatoms. The first-order valence-corrected chi connectivity index (χ1v) is 7.77. The zero-order chi connectivity index (χ0) is 15.2. The summed E-state index contributed by atoms with van der Waals surface area (Å²) < 4.78 is 6.04. The predicted molar refractivity (Wildman–Crippen MR) is 84.1 cm³/mol. The number of morpholine rings is 1. The average molecular weight is 355 g/mol. The number of nitrogens with one attached hydrogen (secondary N) is 1. The molecule has 114 valence electrons. The van der Waals surface area contributed by atoms with E-state index in [2.05, 4.69) is 21.2 Å². The van der Waals surface area contributed by atoms with E-state index in [1.54, 1.807) is 4.90 Å². The van der Waals surface area contributed by atoms with Gasteiger partial charge in [0, 0.05) is 30.4 Å². The number of nitrogens with zero attached hydrogens (tertiary/aromatic N) is 1. The lowest BCUT2D eigenvalue weighted by molar-refractivity contribution is -0.136. The third-order valence-electron chi connectivity index (χ3n) is 3.33. The van der Waals surface area contributed by atoms with Crippen LogP contribution < -0.4 is 5.32 Å². The van der Waals surface area contributed by atoms with Crippen LogP contribution in [0.1, 0.15) is 18.4 Å². The third kappa shape index (κ3) is 4.82. The number of carbonyl (C=O) groups excluding carboxylic acids is 2. The van der Waals surface area contributed by atoms with E-state index >= 15 is 0 Å². The lowest BCUT2D eigenvalue weighted by Crippen LogP contribution is -2.40. The first-order chi connectivity index (χ1) is 10.1. The van der Waals surface area contributed by atoms with Gasteiger partial charge in [-0.05, 0) is 40.5 Å². The highest BCUT2D eigenvalue weighted by Gasteiger charge is 2.17. The normalized spacial score (nSPS) is 14.9. The molecule has 1 heterocycles. The lowest BCUT2D eigenvalue weighted by Gasteiger charge is -2.26. The van der Waals surface area contributed by atoms with E-state index in [0.29, 0.717) is 26.3 Å². The van der Waals surface area contributed by atoms with Crippen LogP contribution in [0.25, 0.3) is 0 Å². The maximum Gasteiger partial charge on any atom is 0.224 e. The van der Waals surface area contributed by atoms with Gasteiger partial charge in [-0.1, -0.05) is 6.07 Å². The molecule has 1 aliphatic heterocycles. The van der Waals surface area contributed by atoms with Gasteiger partial charge in [0.15, 0.2) is 0 Å². The molecule has 1 aliphatic rings. The van der Waals surface area contributed by atoms with Gasteiger partial charge in [0.25, 0.3) is 0 Å². The molecule has 0 spiro atoms. The first kappa shape index (κ1) is 16.0. The molecule has 0 aromatic heterocycles. The van der Waals surface area contributed by atoms with Crippen LogP contribution in [-0.2, 0) is 14.3 Å². The summed E-state index contributed by atoms with van der Waals surface area (Å²) in [6.07, 6.45) is 0.422. The largest absolute Gasteiger partial charge is 0.378 e. The molecule has 1 N–H and O–H groups in total. The number of hydrogen-bond donors (Lipinski definition) is 1. The van der Waals surface area contributed by atoms with Crippen molar-refractivity contribution in [3.05, 3.63) is 28.2 Å². The summed E-state index contributed by atoms with van der Waals surface area (Å²) in [6, 6.07) is 5.72. The molecule has 0 atom stereocenters. The maximum atomic E-state index is 11.9. The van der Waals surface area contributed by atoms with Crippen molar-refractivity contribution < 1.29 is 14.3 Å². The third-order valence-corrected chi connectivity index (χ3v) is 3.98. The van der Waals surface area contributed by atoms with E-state index in [9.17, 15) is 9.59 Å². The number of halogens is 1. The quantitative estimate of drug-likeness (QED) is 0.902. The smallest absolute Gasteiger partial charge is 0.224 e. The SMILES string of the molecule is Cc1ccc(NC(=O)CCC(=O)N2CCOCC2)c(Br)c1. The molecule has 5 nitrogen and oxygen atoms in total. The highest BCUT2D eigenvalue weighted by Crippen LogP contribution is 2.23. The number of amides is 2. The van der Waals surface area contributed by atoms with Crippen LogP contribution in [0.3, 0.4) is 0 Å². The van der Waals surface area contributed by atoms with Crippen molar-refractivity contribution in [2.45, 2.75) is 19.8 Å². The number of benzene rings is 1. The highest BCUT2D eigenvalue weighted by molar-refractivity contribution is 9.10. The number of carbonyl (C=O) groups is 2. The van der Waals surface area contributed by atoms with Crippen molar-refractivity contribution in [2.24, 2.45) is 0 Å². The summed E-state index contributed by atoms with van der Waals surface area (Å²) in [5, 5.41) is 2.81. The summed E-state index contributed by atoms with van der Waals surface area (Å²) in [6.45, 7) is 4.37. The van der Waals surface area contributed by atoms with Crippen LogP contribution in [0.15, 0.2) is 22.7 Å². The van der Waals surface area contributed by atoms with Gasteiger partial charge in [-0.15, -0.1) is 0 Å². The van der Waals surface area contributed by atoms with E-state index < -0.39 is 0 Å². The molecule has 0 bridgehead atoms. The molecule has 21 heavy (non-hydrogen) atoms. The van der Waals surface area contributed by atoms with Gasteiger partial charge >= 0.3 is 0 Å². The summed E-state index contributed by atoms with van der Waals surface area (Å²) >= 11 is 3.41. The fourth-order valence-electron chi connectivity index (χ4n) is 2.13. The number of aryl methyl sites for hydroxylation is 1. The summed E-state index contributed by atoms with van der Waals surface area (Å²) in [5.74, 6) is -0.141. The monoisotopic (exact) mass is 354 g/mol. The summed E-state index contributed by atoms with van der Waals surface area (Å²) in [4.78, 5) is 25.6. The zero-order valence-electron chi connectivity index (χ0n) is 12.0. The fourth-order valence-corrected chi connectivity index (χ4v) is 2.72. The van der Waals surface area contributed by atoms with Gasteiger partial charge in [0.05, 0.1) is 18.9 Å². The molecule has 1 aromatic carbocycles. The molecule has 1 fully saturated rings. The molecular weight excluding hydrogens is 336 g/mol. The maximum absolute atomic E-state index is 11.9. The number of ether oxygens (including phenoxy) is 1. The zero-order valence-corrected chi connectivity index (χ0v) is 13.6. The van der Waals surface area contributed by atoms with Crippen LogP contribution in [0.5, 0.6) is 0 Å². The Morgan fingerprint density at radius 3 is 2.67 bits per heavy atom. The van der Waals surface area contributed by atoms with Crippen molar-refractivity contribution in [1.29, 1.82) is 0 Å². The molecule has 0 unspecified atom stereocenters. The Morgan fingerprint density at radius 1 is 1.29 bits per heavy atom. The Morgan fingerprint density at radius 2 is 2.00 bits per heavy atom. The molecule has 0 saturated carbocycles. The van der Waals surface area contributed by atoms with Crippen molar-refractivity contribution in [2.75, 3.05) is 31.6 Å². The Bertz CT molecular complexity index is 528. The van der Waals surface area contributed by atoms with Gasteiger partial charge in [-0.3, -0.25) is 9.59 Å². The minimum atomic E-state index is -0.152. The fraction of sp³-hybridized carbons (Fsp3) is 0.467. The van der Waals surface area contributed by atoms with E-state index in [1.807, 2.05) is 25.1 Å². The molecule has 2 amide bonds. The second-order valence-electron chi connectivity index (χ2n) is 5.02. The Hall–Kier alpha value is -1.40. The second kappa shape index (κ2) is 7.56. The highest BCUT2D eigenvalue weighted by atomic mass is 79.9. The number of rotatable bonds is 4. The molecule has 2 rings (SSSR count). The van der Waals surface area contributed by atoms with Crippen molar-refractivity contribution in [3.63, 3.8) is 0 Å². The first-order valence-electron chi connectivity index (χ1n) is 6.98. The van der Waals surface area contributed by atoms with Crippen molar-refractivity contribution in [3.8, 4) is 0 Å². The average Bonchev–Trinajstić information content (AvgIpc) is 2.48. The Balaban J connectivity index is 1.80. The molecule has 1 aromatic rings. The van der Waals surface area contributed by atoms with Gasteiger partial charge in [-0.2, -0.15) is 0 Å². The lowest BCUT2D eigenvalue weighted by atomic mass is 10.2. The predicted octanol–water partition coefficient (Wildman–Crippen LogP) is 2.34. The molecule has 0 aliphatic carbocycles. The molecular formula is C15H19BrN2O3. The van der Waals surface area contributed by atoms with Crippen LogP contribution in [0.2, 0.25) is 0 Å². The number of anilines is 1. The number of hydrogen-bond acceptors (Lipinski definition) is 3. The van der Waals surface area contributed by atoms with Gasteiger partial charge in [0.2, 0.25) is 11.8 Å². The Kier molecular flexibility index (Phi) is 5.76. The van der Waals surface area contributed by atoms with Crippen LogP contribution >= 0.6 is 15.9 Å². The topological polar surface area (TPSA) is 58.6 Å². The standard InChI is InChI=1S/C15H19BrN2O3/c1-11-2-3-13(12(16)10-11)17-14(19)4-5-15(20)18-6-8-21-9-7-18/h2-3,10H,4-9H2,1H3,(H,17,19). The molecule has 0 radical (unpaired) electrons. The molecule has 1 saturated heterocycles. The summed E-state index contributed by atoms with van der Waals surface area (Å²) in [5.41, 5.74) is 1.84. The minimum Gasteiger partial charge on any atom is -0.378 e. The van der Waals surface area contributed by atoms with E-state index in [4.69, 9.17) is 4.74 Å². The van der Waals surface area contributed by atoms with Crippen molar-refractivity contribution >= 4 is 33.4 Å². The van der Waals surface area contributed by atoms with E-state index in [1.165, 1.54) is 0 Å². The van der Waals surface area contributed by atoms with Crippen LogP contribution in [0.4, 0.5) is 5.69 Å². The Labute approximate surface area is 132 Å². The van der Waals surface area contributed by atoms with E-state index in [-0.39, 0.29) is 24.7 Å². The van der Waals surface area contributed by atoms with Gasteiger partial charge < -0.3 is 15.0 Å². The van der Waals surface area contributed by atoms with E-state index in [0.717, 1.165) is 15.7 Å². The van der Waals surface area contributed by atoms with Crippen LogP contribution in [0, 0.1) is 6.92 Å². The summed E-state index contributed by atoms with van der Waals surface area (Å²) in [7, 11) is 0. The second-order valence-corrected chi connectivity index (χ2v) is 5.88. The van der Waals surface area contributed by atoms with Gasteiger partial charge in [0.1, 0.15) is 0 Å².